The van der Waals surface area contributed by atoms with Gasteiger partial charge < -0.3 is 15.4 Å². The van der Waals surface area contributed by atoms with Gasteiger partial charge in [-0.15, -0.1) is 0 Å². The highest BCUT2D eigenvalue weighted by molar-refractivity contribution is 6.35. The summed E-state index contributed by atoms with van der Waals surface area (Å²) in [6, 6.07) is 11.6. The topological polar surface area (TPSA) is 55.6 Å². The molecule has 0 radical (unpaired) electrons. The maximum absolute atomic E-state index is 12.2. The van der Waals surface area contributed by atoms with Crippen molar-refractivity contribution in [2.75, 3.05) is 11.5 Å². The van der Waals surface area contributed by atoms with Crippen LogP contribution in [0.2, 0.25) is 10.0 Å². The van der Waals surface area contributed by atoms with E-state index in [9.17, 15) is 4.79 Å². The molecule has 1 amide bonds. The van der Waals surface area contributed by atoms with Gasteiger partial charge in [0.2, 0.25) is 5.91 Å². The number of amides is 1. The van der Waals surface area contributed by atoms with Crippen LogP contribution in [-0.2, 0) is 4.79 Å². The van der Waals surface area contributed by atoms with Gasteiger partial charge in [0.15, 0.2) is 0 Å². The van der Waals surface area contributed by atoms with Crippen molar-refractivity contribution in [3.05, 3.63) is 58.1 Å². The first kappa shape index (κ1) is 16.1. The van der Waals surface area contributed by atoms with E-state index in [1.165, 1.54) is 0 Å². The number of nitrogens with two attached hydrogens (primary N) is 1. The van der Waals surface area contributed by atoms with Crippen LogP contribution in [0.4, 0.5) is 5.69 Å². The van der Waals surface area contributed by atoms with Gasteiger partial charge in [0, 0.05) is 15.7 Å². The SMILES string of the molecule is CCOc1ccc(N2C(=O)[C@@H](N)[C@@H]2c2ccc(Cl)cc2Cl)cc1. The van der Waals surface area contributed by atoms with E-state index in [1.807, 2.05) is 37.3 Å². The summed E-state index contributed by atoms with van der Waals surface area (Å²) in [6.07, 6.45) is 0. The molecule has 2 aromatic carbocycles. The molecule has 1 saturated heterocycles. The lowest BCUT2D eigenvalue weighted by Crippen LogP contribution is -2.63. The maximum atomic E-state index is 12.2. The van der Waals surface area contributed by atoms with E-state index >= 15 is 0 Å². The van der Waals surface area contributed by atoms with Crippen molar-refractivity contribution in [2.24, 2.45) is 5.73 Å². The van der Waals surface area contributed by atoms with Crippen LogP contribution in [0.1, 0.15) is 18.5 Å². The molecule has 4 nitrogen and oxygen atoms in total. The van der Waals surface area contributed by atoms with E-state index in [-0.39, 0.29) is 11.9 Å². The molecule has 6 heteroatoms. The van der Waals surface area contributed by atoms with Crippen LogP contribution in [0.25, 0.3) is 0 Å². The first-order valence-electron chi connectivity index (χ1n) is 7.29. The molecule has 0 aliphatic carbocycles. The minimum Gasteiger partial charge on any atom is -0.494 e. The zero-order chi connectivity index (χ0) is 16.6. The lowest BCUT2D eigenvalue weighted by Gasteiger charge is -2.46. The van der Waals surface area contributed by atoms with E-state index in [2.05, 4.69) is 0 Å². The van der Waals surface area contributed by atoms with Gasteiger partial charge in [-0.05, 0) is 48.9 Å². The predicted molar refractivity (Wildman–Crippen MR) is 92.3 cm³/mol. The molecule has 2 atom stereocenters. The van der Waals surface area contributed by atoms with Crippen molar-refractivity contribution in [2.45, 2.75) is 19.0 Å². The quantitative estimate of drug-likeness (QED) is 0.853. The Labute approximate surface area is 144 Å². The number of rotatable bonds is 4. The molecular weight excluding hydrogens is 335 g/mol. The van der Waals surface area contributed by atoms with Crippen molar-refractivity contribution < 1.29 is 9.53 Å². The first-order valence-corrected chi connectivity index (χ1v) is 8.05. The van der Waals surface area contributed by atoms with Crippen molar-refractivity contribution in [1.29, 1.82) is 0 Å². The van der Waals surface area contributed by atoms with Crippen LogP contribution >= 0.6 is 23.2 Å². The fourth-order valence-corrected chi connectivity index (χ4v) is 3.26. The highest BCUT2D eigenvalue weighted by Gasteiger charge is 2.47. The molecule has 0 unspecified atom stereocenters. The van der Waals surface area contributed by atoms with E-state index in [1.54, 1.807) is 17.0 Å². The Bertz CT molecular complexity index is 734. The number of benzene rings is 2. The first-order chi connectivity index (χ1) is 11.0. The Morgan fingerprint density at radius 3 is 2.48 bits per heavy atom. The zero-order valence-corrected chi connectivity index (χ0v) is 14.0. The monoisotopic (exact) mass is 350 g/mol. The number of nitrogens with zero attached hydrogens (tertiary/aromatic N) is 1. The number of anilines is 1. The van der Waals surface area contributed by atoms with Crippen molar-refractivity contribution in [1.82, 2.24) is 0 Å². The van der Waals surface area contributed by atoms with Gasteiger partial charge in [0.05, 0.1) is 12.6 Å². The molecule has 0 bridgehead atoms. The van der Waals surface area contributed by atoms with Gasteiger partial charge in [-0.3, -0.25) is 4.79 Å². The summed E-state index contributed by atoms with van der Waals surface area (Å²) >= 11 is 12.2. The molecule has 1 fully saturated rings. The standard InChI is InChI=1S/C17H16Cl2N2O2/c1-2-23-12-6-4-11(5-7-12)21-16(15(20)17(21)22)13-8-3-10(18)9-14(13)19/h3-9,15-16H,2,20H2,1H3/t15-,16-/m0/s1. The summed E-state index contributed by atoms with van der Waals surface area (Å²) in [5, 5.41) is 1.05. The fourth-order valence-electron chi connectivity index (χ4n) is 2.74. The third kappa shape index (κ3) is 2.90. The molecule has 120 valence electrons. The normalized spacial score (nSPS) is 20.3. The van der Waals surface area contributed by atoms with Gasteiger partial charge >= 0.3 is 0 Å². The summed E-state index contributed by atoms with van der Waals surface area (Å²) in [5.41, 5.74) is 7.55. The number of hydrogen-bond acceptors (Lipinski definition) is 3. The summed E-state index contributed by atoms with van der Waals surface area (Å²) in [5.74, 6) is 0.625. The number of hydrogen-bond donors (Lipinski definition) is 1. The number of carbonyl (C=O) groups excluding carboxylic acids is 1. The second kappa shape index (κ2) is 6.40. The van der Waals surface area contributed by atoms with Crippen LogP contribution in [0.3, 0.4) is 0 Å². The third-order valence-corrected chi connectivity index (χ3v) is 4.41. The summed E-state index contributed by atoms with van der Waals surface area (Å²) in [4.78, 5) is 13.9. The number of β-lactam (4-membered cyclic amide) rings is 1. The second-order valence-corrected chi connectivity index (χ2v) is 6.12. The second-order valence-electron chi connectivity index (χ2n) is 5.27. The van der Waals surface area contributed by atoms with E-state index in [0.29, 0.717) is 16.7 Å². The molecule has 1 heterocycles. The van der Waals surface area contributed by atoms with E-state index < -0.39 is 6.04 Å². The van der Waals surface area contributed by atoms with Crippen LogP contribution in [-0.4, -0.2) is 18.6 Å². The van der Waals surface area contributed by atoms with Gasteiger partial charge in [-0.2, -0.15) is 0 Å². The average Bonchev–Trinajstić information content (AvgIpc) is 2.54. The largest absolute Gasteiger partial charge is 0.494 e. The van der Waals surface area contributed by atoms with Gasteiger partial charge in [0.25, 0.3) is 0 Å². The van der Waals surface area contributed by atoms with Gasteiger partial charge in [-0.1, -0.05) is 29.3 Å². The Hall–Kier alpha value is -1.75. The minimum absolute atomic E-state index is 0.134. The predicted octanol–water partition coefficient (Wildman–Crippen LogP) is 3.81. The summed E-state index contributed by atoms with van der Waals surface area (Å²) in [7, 11) is 0. The zero-order valence-electron chi connectivity index (χ0n) is 12.5. The molecule has 1 aliphatic rings. The van der Waals surface area contributed by atoms with Gasteiger partial charge in [-0.25, -0.2) is 0 Å². The Morgan fingerprint density at radius 1 is 1.17 bits per heavy atom. The Kier molecular flexibility index (Phi) is 4.48. The third-order valence-electron chi connectivity index (χ3n) is 3.85. The molecule has 1 aliphatic heterocycles. The van der Waals surface area contributed by atoms with Crippen molar-refractivity contribution in [3.8, 4) is 5.75 Å². The van der Waals surface area contributed by atoms with Crippen molar-refractivity contribution >= 4 is 34.8 Å². The molecule has 0 spiro atoms. The van der Waals surface area contributed by atoms with Crippen LogP contribution in [0.15, 0.2) is 42.5 Å². The molecule has 0 saturated carbocycles. The number of ether oxygens (including phenoxy) is 1. The van der Waals surface area contributed by atoms with E-state index in [4.69, 9.17) is 33.7 Å². The highest BCUT2D eigenvalue weighted by atomic mass is 35.5. The summed E-state index contributed by atoms with van der Waals surface area (Å²) in [6.45, 7) is 2.51. The minimum atomic E-state index is -0.611. The van der Waals surface area contributed by atoms with Crippen LogP contribution in [0, 0.1) is 0 Å². The number of halogens is 2. The maximum Gasteiger partial charge on any atom is 0.247 e. The smallest absolute Gasteiger partial charge is 0.247 e. The van der Waals surface area contributed by atoms with Gasteiger partial charge in [0.1, 0.15) is 11.8 Å². The molecule has 0 aromatic heterocycles. The number of carbonyl (C=O) groups is 1. The van der Waals surface area contributed by atoms with E-state index in [0.717, 1.165) is 17.0 Å². The van der Waals surface area contributed by atoms with Crippen LogP contribution in [0.5, 0.6) is 5.75 Å². The molecule has 23 heavy (non-hydrogen) atoms. The molecular formula is C17H16Cl2N2O2. The lowest BCUT2D eigenvalue weighted by atomic mass is 9.88. The Morgan fingerprint density at radius 2 is 1.87 bits per heavy atom. The van der Waals surface area contributed by atoms with Crippen molar-refractivity contribution in [3.63, 3.8) is 0 Å². The summed E-state index contributed by atoms with van der Waals surface area (Å²) < 4.78 is 5.42. The lowest BCUT2D eigenvalue weighted by molar-refractivity contribution is -0.126. The molecule has 2 aromatic rings. The Balaban J connectivity index is 1.92. The average molecular weight is 351 g/mol. The molecule has 3 rings (SSSR count). The molecule has 2 N–H and O–H groups in total. The fraction of sp³-hybridized carbons (Fsp3) is 0.235. The highest BCUT2D eigenvalue weighted by Crippen LogP contribution is 2.41. The van der Waals surface area contributed by atoms with Crippen LogP contribution < -0.4 is 15.4 Å².